The van der Waals surface area contributed by atoms with Crippen molar-refractivity contribution in [3.05, 3.63) is 208 Å². The molecule has 0 saturated heterocycles. The summed E-state index contributed by atoms with van der Waals surface area (Å²) in [5.41, 5.74) is 9.16. The maximum Gasteiger partial charge on any atom is 0.269 e. The molecule has 0 bridgehead atoms. The van der Waals surface area contributed by atoms with Gasteiger partial charge in [-0.15, -0.1) is 0 Å². The van der Waals surface area contributed by atoms with Gasteiger partial charge < -0.3 is 4.74 Å². The van der Waals surface area contributed by atoms with Gasteiger partial charge in [0, 0.05) is 12.0 Å². The Hall–Kier alpha value is -6.69. The van der Waals surface area contributed by atoms with Gasteiger partial charge in [0.05, 0.1) is 30.1 Å². The van der Waals surface area contributed by atoms with Crippen molar-refractivity contribution in [3.63, 3.8) is 0 Å². The lowest BCUT2D eigenvalue weighted by Crippen LogP contribution is -2.18. The Kier molecular flexibility index (Phi) is 8.59. The van der Waals surface area contributed by atoms with Gasteiger partial charge in [0.25, 0.3) is 5.70 Å². The molecule has 0 aromatic heterocycles. The van der Waals surface area contributed by atoms with E-state index in [4.69, 9.17) is 16.4 Å². The Balaban J connectivity index is 1.15. The second-order valence-electron chi connectivity index (χ2n) is 11.4. The molecule has 228 valence electrons. The van der Waals surface area contributed by atoms with Gasteiger partial charge in [-0.2, -0.15) is 5.10 Å². The van der Waals surface area contributed by atoms with Crippen molar-refractivity contribution in [2.45, 2.75) is 12.5 Å². The number of nitrogens with zero attached hydrogens (tertiary/aromatic N) is 4. The molecule has 5 aromatic carbocycles. The average molecular weight is 619 g/mol. The van der Waals surface area contributed by atoms with E-state index in [2.05, 4.69) is 107 Å². The minimum absolute atomic E-state index is 0.0206. The molecule has 0 N–H and O–H groups in total. The highest BCUT2D eigenvalue weighted by Crippen LogP contribution is 2.38. The van der Waals surface area contributed by atoms with Gasteiger partial charge in [-0.1, -0.05) is 133 Å². The van der Waals surface area contributed by atoms with Crippen LogP contribution in [0, 0.1) is 17.9 Å². The molecule has 0 spiro atoms. The summed E-state index contributed by atoms with van der Waals surface area (Å²) in [5, 5.41) is 16.8. The lowest BCUT2D eigenvalue weighted by Gasteiger charge is -2.24. The molecule has 7 rings (SSSR count). The number of ether oxygens (including phenoxy) is 1. The number of nitriles is 1. The van der Waals surface area contributed by atoms with Crippen LogP contribution in [0.3, 0.4) is 0 Å². The Morgan fingerprint density at radius 3 is 1.96 bits per heavy atom. The topological polar surface area (TPSA) is 53.0 Å². The smallest absolute Gasteiger partial charge is 0.269 e. The largest absolute Gasteiger partial charge is 0.457 e. The molecule has 0 amide bonds. The first-order valence-corrected chi connectivity index (χ1v) is 15.7. The van der Waals surface area contributed by atoms with E-state index in [0.717, 1.165) is 34.5 Å². The second-order valence-corrected chi connectivity index (χ2v) is 11.4. The third-order valence-electron chi connectivity index (χ3n) is 8.38. The monoisotopic (exact) mass is 618 g/mol. The predicted molar refractivity (Wildman–Crippen MR) is 193 cm³/mol. The van der Waals surface area contributed by atoms with Crippen LogP contribution in [-0.2, 0) is 4.74 Å². The normalized spacial score (nSPS) is 16.7. The zero-order valence-electron chi connectivity index (χ0n) is 26.1. The zero-order valence-corrected chi connectivity index (χ0v) is 26.1. The Bertz CT molecular complexity index is 2150. The highest BCUT2D eigenvalue weighted by Gasteiger charge is 2.30. The van der Waals surface area contributed by atoms with Crippen molar-refractivity contribution in [3.8, 4) is 17.2 Å². The number of hydrogen-bond donors (Lipinski definition) is 0. The van der Waals surface area contributed by atoms with E-state index < -0.39 is 0 Å². The van der Waals surface area contributed by atoms with E-state index in [-0.39, 0.29) is 11.7 Å². The van der Waals surface area contributed by atoms with Crippen LogP contribution in [0.2, 0.25) is 0 Å². The summed E-state index contributed by atoms with van der Waals surface area (Å²) in [6.07, 6.45) is 8.09. The molecule has 0 radical (unpaired) electrons. The summed E-state index contributed by atoms with van der Waals surface area (Å²) in [4.78, 5) is 3.41. The fraction of sp³-hybridized carbons (Fsp3) is 0.0465. The molecule has 1 unspecified atom stereocenters. The number of hydrazone groups is 1. The summed E-state index contributed by atoms with van der Waals surface area (Å²) in [5.74, 6) is 1.13. The first kappa shape index (κ1) is 30.0. The zero-order chi connectivity index (χ0) is 32.7. The molecule has 5 heteroatoms. The van der Waals surface area contributed by atoms with E-state index in [1.807, 2.05) is 60.7 Å². The van der Waals surface area contributed by atoms with Gasteiger partial charge in [-0.05, 0) is 63.8 Å². The lowest BCUT2D eigenvalue weighted by molar-refractivity contribution is 0.396. The van der Waals surface area contributed by atoms with Crippen molar-refractivity contribution in [1.82, 2.24) is 0 Å². The summed E-state index contributed by atoms with van der Waals surface area (Å²) in [6.45, 7) is 7.45. The van der Waals surface area contributed by atoms with E-state index in [1.165, 1.54) is 16.7 Å². The maximum absolute atomic E-state index is 9.53. The van der Waals surface area contributed by atoms with Crippen LogP contribution < -0.4 is 5.01 Å². The molecule has 5 aromatic rings. The van der Waals surface area contributed by atoms with Gasteiger partial charge >= 0.3 is 0 Å². The number of hydrogen-bond acceptors (Lipinski definition) is 4. The molecule has 5 nitrogen and oxygen atoms in total. The lowest BCUT2D eigenvalue weighted by atomic mass is 9.96. The van der Waals surface area contributed by atoms with Gasteiger partial charge in [-0.3, -0.25) is 5.01 Å². The van der Waals surface area contributed by atoms with Crippen LogP contribution in [0.5, 0.6) is 0 Å². The SMILES string of the molecule is [C-]#[N+]/C(C#N)=C1C=C(/C=C/c2ccc(N3N=C(c4ccccc4)CC3c3ccc(-c4ccccc4)cc3)cc2)OC(c2ccccc2)=C/1. The van der Waals surface area contributed by atoms with Crippen molar-refractivity contribution in [1.29, 1.82) is 5.26 Å². The minimum atomic E-state index is 0.0206. The van der Waals surface area contributed by atoms with Crippen molar-refractivity contribution in [2.24, 2.45) is 5.10 Å². The summed E-state index contributed by atoms with van der Waals surface area (Å²) >= 11 is 0. The Labute approximate surface area is 280 Å². The fourth-order valence-electron chi connectivity index (χ4n) is 5.90. The Morgan fingerprint density at radius 2 is 1.33 bits per heavy atom. The van der Waals surface area contributed by atoms with Crippen molar-refractivity contribution >= 4 is 23.2 Å². The molecule has 0 fully saturated rings. The molecule has 0 aliphatic carbocycles. The average Bonchev–Trinajstić information content (AvgIpc) is 3.62. The number of anilines is 1. The van der Waals surface area contributed by atoms with Gasteiger partial charge in [0.2, 0.25) is 0 Å². The third-order valence-corrected chi connectivity index (χ3v) is 8.38. The standard InChI is InChI=1S/C43H30N4O/c1-45-41(30-44)37-27-39(48-43(28-37)36-15-9-4-10-16-36)26-19-31-17-24-38(25-18-31)47-42(29-40(46-47)34-13-7-3-8-14-34)35-22-20-33(21-23-35)32-11-5-2-6-12-32/h2-28,42H,29H2/b26-19+,41-37-. The van der Waals surface area contributed by atoms with Gasteiger partial charge in [-0.25, -0.2) is 10.1 Å². The molecule has 1 atom stereocenters. The quantitative estimate of drug-likeness (QED) is 0.135. The molecule has 2 heterocycles. The van der Waals surface area contributed by atoms with E-state index in [9.17, 15) is 5.26 Å². The van der Waals surface area contributed by atoms with Crippen LogP contribution in [0.15, 0.2) is 180 Å². The van der Waals surface area contributed by atoms with E-state index in [1.54, 1.807) is 12.2 Å². The van der Waals surface area contributed by atoms with Gasteiger partial charge in [0.1, 0.15) is 11.5 Å². The molecular weight excluding hydrogens is 589 g/mol. The van der Waals surface area contributed by atoms with E-state index >= 15 is 0 Å². The highest BCUT2D eigenvalue weighted by molar-refractivity contribution is 6.03. The Morgan fingerprint density at radius 1 is 0.729 bits per heavy atom. The molecular formula is C43H30N4O. The fourth-order valence-corrected chi connectivity index (χ4v) is 5.90. The van der Waals surface area contributed by atoms with Crippen LogP contribution >= 0.6 is 0 Å². The number of allylic oxidation sites excluding steroid dienone is 5. The van der Waals surface area contributed by atoms with Crippen molar-refractivity contribution in [2.75, 3.05) is 5.01 Å². The first-order valence-electron chi connectivity index (χ1n) is 15.7. The molecule has 2 aliphatic rings. The van der Waals surface area contributed by atoms with E-state index in [0.29, 0.717) is 17.1 Å². The molecule has 48 heavy (non-hydrogen) atoms. The summed E-state index contributed by atoms with van der Waals surface area (Å²) in [6, 6.07) is 49.6. The summed E-state index contributed by atoms with van der Waals surface area (Å²) < 4.78 is 6.19. The molecule has 0 saturated carbocycles. The molecule has 2 aliphatic heterocycles. The van der Waals surface area contributed by atoms with Crippen LogP contribution in [0.4, 0.5) is 5.69 Å². The summed E-state index contributed by atoms with van der Waals surface area (Å²) in [7, 11) is 0. The first-order chi connectivity index (χ1) is 23.7. The third kappa shape index (κ3) is 6.49. The number of benzene rings is 5. The van der Waals surface area contributed by atoms with Crippen molar-refractivity contribution < 1.29 is 4.74 Å². The van der Waals surface area contributed by atoms with Gasteiger partial charge in [0.15, 0.2) is 0 Å². The predicted octanol–water partition coefficient (Wildman–Crippen LogP) is 10.4. The van der Waals surface area contributed by atoms with Crippen LogP contribution in [0.1, 0.15) is 34.7 Å². The minimum Gasteiger partial charge on any atom is -0.457 e. The van der Waals surface area contributed by atoms with Crippen LogP contribution in [-0.4, -0.2) is 5.71 Å². The number of rotatable bonds is 7. The van der Waals surface area contributed by atoms with Crippen LogP contribution in [0.25, 0.3) is 27.8 Å². The maximum atomic E-state index is 9.53. The highest BCUT2D eigenvalue weighted by atomic mass is 16.5. The second kappa shape index (κ2) is 13.7.